The number of ether oxygens (including phenoxy) is 3. The molecule has 2 aromatic carbocycles. The molecule has 8 aromatic rings. The highest BCUT2D eigenvalue weighted by molar-refractivity contribution is 5.82. The second-order valence-electron chi connectivity index (χ2n) is 13.8. The smallest absolute Gasteiger partial charge is 0.385 e. The number of pyridine rings is 2. The lowest BCUT2D eigenvalue weighted by Crippen LogP contribution is -2.28. The SMILES string of the molecule is CC(F)(F)c1cc[n+]([O-])c(Oc2ccc(CCNc3ncnc4nccnc34)cc2)c1.COc1cc(C(C)(F)F)cc(Oc2ccc(CCNc3ncnc4nccnc34)cc2)n1. The normalized spacial score (nSPS) is 11.4. The largest absolute Gasteiger partial charge is 0.616 e. The number of hydrogen-bond acceptors (Lipinski definition) is 15. The summed E-state index contributed by atoms with van der Waals surface area (Å²) in [6, 6.07) is 18.8. The number of anilines is 2. The number of alkyl halides is 4. The van der Waals surface area contributed by atoms with Gasteiger partial charge in [0.15, 0.2) is 29.1 Å². The Kier molecular flexibility index (Phi) is 13.2. The molecule has 20 heteroatoms. The Bertz CT molecular complexity index is 2790. The second kappa shape index (κ2) is 19.2. The van der Waals surface area contributed by atoms with E-state index in [-0.39, 0.29) is 28.8 Å². The molecule has 0 fully saturated rings. The van der Waals surface area contributed by atoms with Gasteiger partial charge in [0.1, 0.15) is 35.2 Å². The number of halogens is 4. The molecular weight excluding hydrogens is 825 g/mol. The molecule has 0 aliphatic carbocycles. The van der Waals surface area contributed by atoms with Crippen molar-refractivity contribution in [2.24, 2.45) is 0 Å². The van der Waals surface area contributed by atoms with Gasteiger partial charge >= 0.3 is 5.88 Å². The van der Waals surface area contributed by atoms with Gasteiger partial charge in [-0.3, -0.25) is 0 Å². The maximum atomic E-state index is 13.7. The fourth-order valence-electron chi connectivity index (χ4n) is 5.89. The van der Waals surface area contributed by atoms with Gasteiger partial charge < -0.3 is 30.1 Å². The monoisotopic (exact) mass is 862 g/mol. The first-order valence-electron chi connectivity index (χ1n) is 19.2. The summed E-state index contributed by atoms with van der Waals surface area (Å²) in [5.74, 6) is -4.16. The molecular formula is C43H38F4N12O4. The van der Waals surface area contributed by atoms with Crippen molar-refractivity contribution in [3.8, 4) is 29.1 Å². The molecule has 16 nitrogen and oxygen atoms in total. The van der Waals surface area contributed by atoms with Crippen molar-refractivity contribution in [3.05, 3.63) is 144 Å². The van der Waals surface area contributed by atoms with Crippen molar-refractivity contribution < 1.29 is 36.5 Å². The zero-order valence-corrected chi connectivity index (χ0v) is 33.9. The number of aromatic nitrogens is 10. The lowest BCUT2D eigenvalue weighted by atomic mass is 10.1. The summed E-state index contributed by atoms with van der Waals surface area (Å²) in [6.07, 6.45) is 11.6. The quantitative estimate of drug-likeness (QED) is 0.0571. The summed E-state index contributed by atoms with van der Waals surface area (Å²) in [5, 5.41) is 18.3. The molecule has 63 heavy (non-hydrogen) atoms. The highest BCUT2D eigenvalue weighted by atomic mass is 19.3. The topological polar surface area (TPSA) is 195 Å². The average molecular weight is 863 g/mol. The first-order valence-corrected chi connectivity index (χ1v) is 19.2. The van der Waals surface area contributed by atoms with Gasteiger partial charge in [0.25, 0.3) is 11.8 Å². The van der Waals surface area contributed by atoms with E-state index in [1.165, 1.54) is 31.9 Å². The number of nitrogens with zero attached hydrogens (tertiary/aromatic N) is 10. The fraction of sp³-hybridized carbons (Fsp3) is 0.209. The van der Waals surface area contributed by atoms with Gasteiger partial charge in [-0.1, -0.05) is 24.3 Å². The van der Waals surface area contributed by atoms with E-state index in [1.807, 2.05) is 24.3 Å². The minimum Gasteiger partial charge on any atom is -0.616 e. The Hall–Kier alpha value is -7.90. The van der Waals surface area contributed by atoms with Gasteiger partial charge in [-0.15, -0.1) is 4.73 Å². The molecule has 0 atom stereocenters. The van der Waals surface area contributed by atoms with Crippen LogP contribution in [0.25, 0.3) is 22.3 Å². The van der Waals surface area contributed by atoms with Crippen LogP contribution in [0.5, 0.6) is 29.1 Å². The van der Waals surface area contributed by atoms with Crippen molar-refractivity contribution in [1.82, 2.24) is 44.9 Å². The summed E-state index contributed by atoms with van der Waals surface area (Å²) in [5.41, 5.74) is 3.79. The zero-order chi connectivity index (χ0) is 44.4. The Morgan fingerprint density at radius 2 is 1.08 bits per heavy atom. The summed E-state index contributed by atoms with van der Waals surface area (Å²) in [7, 11) is 1.36. The summed E-state index contributed by atoms with van der Waals surface area (Å²) in [4.78, 5) is 37.5. The maximum absolute atomic E-state index is 13.7. The van der Waals surface area contributed by atoms with Gasteiger partial charge in [0.05, 0.1) is 13.2 Å². The molecule has 0 saturated carbocycles. The predicted molar refractivity (Wildman–Crippen MR) is 223 cm³/mol. The molecule has 6 aromatic heterocycles. The van der Waals surface area contributed by atoms with Crippen molar-refractivity contribution >= 4 is 34.0 Å². The first-order chi connectivity index (χ1) is 30.3. The van der Waals surface area contributed by atoms with E-state index in [1.54, 1.807) is 49.1 Å². The molecule has 0 aliphatic rings. The van der Waals surface area contributed by atoms with Crippen LogP contribution < -0.4 is 29.6 Å². The van der Waals surface area contributed by atoms with Crippen LogP contribution in [-0.2, 0) is 24.7 Å². The molecule has 0 amide bonds. The molecule has 0 bridgehead atoms. The van der Waals surface area contributed by atoms with Gasteiger partial charge in [0, 0.05) is 81.1 Å². The van der Waals surface area contributed by atoms with Gasteiger partial charge in [0.2, 0.25) is 11.8 Å². The maximum Gasteiger partial charge on any atom is 0.385 e. The Labute approximate surface area is 357 Å². The van der Waals surface area contributed by atoms with Crippen molar-refractivity contribution in [3.63, 3.8) is 0 Å². The van der Waals surface area contributed by atoms with Gasteiger partial charge in [-0.2, -0.15) is 4.98 Å². The van der Waals surface area contributed by atoms with Crippen LogP contribution in [0.4, 0.5) is 29.2 Å². The number of hydrogen-bond donors (Lipinski definition) is 2. The number of fused-ring (bicyclic) bond motifs is 2. The second-order valence-corrected chi connectivity index (χ2v) is 13.8. The lowest BCUT2D eigenvalue weighted by molar-refractivity contribution is -0.611. The van der Waals surface area contributed by atoms with Crippen LogP contribution in [-0.4, -0.2) is 65.1 Å². The molecule has 8 rings (SSSR count). The van der Waals surface area contributed by atoms with E-state index < -0.39 is 11.8 Å². The standard InChI is InChI=1S/C22H20F2N6O2.C21H18F2N6O2/c1-22(23,24)15-11-17(31-2)30-18(12-15)32-16-5-3-14(4-6-16)7-8-26-20-19-21(29-13-28-20)27-10-9-25-19;1-21(22,23)15-7-11-29(30)17(12-15)31-16-4-2-14(3-5-16)6-8-25-19-18-20(28-13-27-19)26-10-9-24-18/h3-6,9-13H,7-8H2,1-2H3,(H,26,27,28,29);2-5,7,9-13H,6,8H2,1H3,(H,25,26,27,28). The predicted octanol–water partition coefficient (Wildman–Crippen LogP) is 7.99. The van der Waals surface area contributed by atoms with Crippen molar-refractivity contribution in [2.75, 3.05) is 30.8 Å². The lowest BCUT2D eigenvalue weighted by Gasteiger charge is -2.14. The third-order valence-electron chi connectivity index (χ3n) is 9.13. The number of nitrogens with one attached hydrogen (secondary N) is 2. The molecule has 2 N–H and O–H groups in total. The summed E-state index contributed by atoms with van der Waals surface area (Å²) < 4.78 is 71.0. The molecule has 6 heterocycles. The molecule has 322 valence electrons. The van der Waals surface area contributed by atoms with E-state index in [0.717, 1.165) is 49.7 Å². The third kappa shape index (κ3) is 11.5. The van der Waals surface area contributed by atoms with Crippen LogP contribution in [0.15, 0.2) is 116 Å². The molecule has 0 radical (unpaired) electrons. The molecule has 0 spiro atoms. The Morgan fingerprint density at radius 3 is 1.59 bits per heavy atom. The highest BCUT2D eigenvalue weighted by Gasteiger charge is 2.28. The van der Waals surface area contributed by atoms with Gasteiger partial charge in [-0.05, 0) is 48.2 Å². The Balaban J connectivity index is 0.000000189. The summed E-state index contributed by atoms with van der Waals surface area (Å²) in [6.45, 7) is 2.79. The van der Waals surface area contributed by atoms with Crippen LogP contribution >= 0.6 is 0 Å². The first kappa shape index (κ1) is 43.2. The van der Waals surface area contributed by atoms with E-state index in [4.69, 9.17) is 14.2 Å². The third-order valence-corrected chi connectivity index (χ3v) is 9.13. The van der Waals surface area contributed by atoms with E-state index >= 15 is 0 Å². The van der Waals surface area contributed by atoms with E-state index in [9.17, 15) is 22.8 Å². The molecule has 0 aliphatic heterocycles. The van der Waals surface area contributed by atoms with Crippen molar-refractivity contribution in [1.29, 1.82) is 0 Å². The van der Waals surface area contributed by atoms with Crippen LogP contribution in [0, 0.1) is 5.21 Å². The van der Waals surface area contributed by atoms with E-state index in [2.05, 4.69) is 55.5 Å². The van der Waals surface area contributed by atoms with Crippen LogP contribution in [0.3, 0.4) is 0 Å². The number of benzene rings is 2. The van der Waals surface area contributed by atoms with Crippen LogP contribution in [0.1, 0.15) is 36.1 Å². The van der Waals surface area contributed by atoms with Crippen molar-refractivity contribution in [2.45, 2.75) is 38.5 Å². The number of rotatable bonds is 15. The average Bonchev–Trinajstić information content (AvgIpc) is 3.28. The summed E-state index contributed by atoms with van der Waals surface area (Å²) >= 11 is 0. The minimum absolute atomic E-state index is 0.0343. The van der Waals surface area contributed by atoms with Gasteiger partial charge in [-0.25, -0.2) is 57.4 Å². The fourth-order valence-corrected chi connectivity index (χ4v) is 5.89. The molecule has 0 saturated heterocycles. The van der Waals surface area contributed by atoms with E-state index in [0.29, 0.717) is 69.7 Å². The minimum atomic E-state index is -3.07. The zero-order valence-electron chi connectivity index (χ0n) is 33.9. The molecule has 0 unspecified atom stereocenters. The van der Waals surface area contributed by atoms with Crippen LogP contribution in [0.2, 0.25) is 0 Å². The highest BCUT2D eigenvalue weighted by Crippen LogP contribution is 2.33. The number of methoxy groups -OCH3 is 1. The Morgan fingerprint density at radius 1 is 0.587 bits per heavy atom.